The second-order valence-electron chi connectivity index (χ2n) is 4.43. The van der Waals surface area contributed by atoms with Crippen LogP contribution < -0.4 is 10.6 Å². The molecule has 0 aromatic carbocycles. The highest BCUT2D eigenvalue weighted by Crippen LogP contribution is 1.97. The predicted molar refractivity (Wildman–Crippen MR) is 69.8 cm³/mol. The van der Waals surface area contributed by atoms with E-state index >= 15 is 0 Å². The van der Waals surface area contributed by atoms with Gasteiger partial charge < -0.3 is 15.7 Å². The Morgan fingerprint density at radius 1 is 1.53 bits per heavy atom. The van der Waals surface area contributed by atoms with Crippen LogP contribution in [0.2, 0.25) is 0 Å². The van der Waals surface area contributed by atoms with Gasteiger partial charge in [-0.15, -0.1) is 0 Å². The van der Waals surface area contributed by atoms with Gasteiger partial charge in [0.2, 0.25) is 0 Å². The van der Waals surface area contributed by atoms with E-state index in [0.717, 1.165) is 5.69 Å². The van der Waals surface area contributed by atoms with Crippen molar-refractivity contribution in [3.05, 3.63) is 18.0 Å². The molecule has 7 nitrogen and oxygen atoms in total. The van der Waals surface area contributed by atoms with Gasteiger partial charge >= 0.3 is 12.0 Å². The molecule has 1 heterocycles. The zero-order valence-electron chi connectivity index (χ0n) is 11.2. The fourth-order valence-electron chi connectivity index (χ4n) is 1.64. The second kappa shape index (κ2) is 7.40. The molecular formula is C12H20N4O3. The van der Waals surface area contributed by atoms with Crippen LogP contribution in [0.3, 0.4) is 0 Å². The van der Waals surface area contributed by atoms with Crippen LogP contribution in [0.4, 0.5) is 4.79 Å². The third-order valence-corrected chi connectivity index (χ3v) is 2.76. The number of urea groups is 1. The molecule has 2 amide bonds. The Balaban J connectivity index is 2.17. The Morgan fingerprint density at radius 2 is 2.26 bits per heavy atom. The van der Waals surface area contributed by atoms with E-state index in [2.05, 4.69) is 15.7 Å². The smallest absolute Gasteiger partial charge is 0.315 e. The Bertz CT molecular complexity index is 430. The number of carbonyl (C=O) groups excluding carboxylic acids is 1. The van der Waals surface area contributed by atoms with Crippen molar-refractivity contribution in [2.75, 3.05) is 6.54 Å². The van der Waals surface area contributed by atoms with E-state index in [4.69, 9.17) is 5.11 Å². The van der Waals surface area contributed by atoms with Crippen molar-refractivity contribution in [1.29, 1.82) is 0 Å². The maximum atomic E-state index is 11.5. The van der Waals surface area contributed by atoms with Crippen LogP contribution in [-0.4, -0.2) is 39.5 Å². The first-order chi connectivity index (χ1) is 8.99. The SMILES string of the molecule is CC(CCC(=O)O)NC(=O)NCCc1ccnn1C. The van der Waals surface area contributed by atoms with Gasteiger partial charge in [0.15, 0.2) is 0 Å². The molecule has 0 saturated carbocycles. The summed E-state index contributed by atoms with van der Waals surface area (Å²) in [7, 11) is 1.85. The number of hydrogen-bond donors (Lipinski definition) is 3. The minimum atomic E-state index is -0.856. The van der Waals surface area contributed by atoms with Gasteiger partial charge in [-0.25, -0.2) is 4.79 Å². The van der Waals surface area contributed by atoms with Gasteiger partial charge in [0.25, 0.3) is 0 Å². The lowest BCUT2D eigenvalue weighted by Gasteiger charge is -2.13. The molecule has 0 aliphatic heterocycles. The maximum absolute atomic E-state index is 11.5. The van der Waals surface area contributed by atoms with Gasteiger partial charge in [-0.2, -0.15) is 5.10 Å². The van der Waals surface area contributed by atoms with Gasteiger partial charge in [-0.1, -0.05) is 0 Å². The minimum absolute atomic E-state index is 0.0520. The minimum Gasteiger partial charge on any atom is -0.481 e. The van der Waals surface area contributed by atoms with E-state index in [1.807, 2.05) is 13.1 Å². The molecule has 1 unspecified atom stereocenters. The first kappa shape index (κ1) is 15.0. The fraction of sp³-hybridized carbons (Fsp3) is 0.583. The number of carboxylic acid groups (broad SMARTS) is 1. The predicted octanol–water partition coefficient (Wildman–Crippen LogP) is 0.515. The third kappa shape index (κ3) is 5.89. The van der Waals surface area contributed by atoms with E-state index in [0.29, 0.717) is 19.4 Å². The lowest BCUT2D eigenvalue weighted by atomic mass is 10.2. The van der Waals surface area contributed by atoms with Gasteiger partial charge in [-0.05, 0) is 19.4 Å². The molecule has 1 aromatic rings. The summed E-state index contributed by atoms with van der Waals surface area (Å²) in [5.41, 5.74) is 1.04. The van der Waals surface area contributed by atoms with Crippen LogP contribution in [-0.2, 0) is 18.3 Å². The van der Waals surface area contributed by atoms with Crippen LogP contribution >= 0.6 is 0 Å². The first-order valence-electron chi connectivity index (χ1n) is 6.22. The molecule has 0 aliphatic carbocycles. The van der Waals surface area contributed by atoms with E-state index in [1.54, 1.807) is 17.8 Å². The van der Waals surface area contributed by atoms with Crippen molar-refractivity contribution in [3.63, 3.8) is 0 Å². The molecule has 1 rings (SSSR count). The van der Waals surface area contributed by atoms with E-state index < -0.39 is 5.97 Å². The highest BCUT2D eigenvalue weighted by Gasteiger charge is 2.08. The van der Waals surface area contributed by atoms with Gasteiger partial charge in [0.05, 0.1) is 0 Å². The zero-order valence-corrected chi connectivity index (χ0v) is 11.2. The third-order valence-electron chi connectivity index (χ3n) is 2.76. The maximum Gasteiger partial charge on any atom is 0.315 e. The number of aryl methyl sites for hydroxylation is 1. The Morgan fingerprint density at radius 3 is 2.84 bits per heavy atom. The normalized spacial score (nSPS) is 11.9. The lowest BCUT2D eigenvalue weighted by Crippen LogP contribution is -2.41. The van der Waals surface area contributed by atoms with Gasteiger partial charge in [0, 0.05) is 44.4 Å². The standard InChI is InChI=1S/C12H20N4O3/c1-9(3-4-11(17)18)15-12(19)13-7-5-10-6-8-14-16(10)2/h6,8-9H,3-5,7H2,1-2H3,(H,17,18)(H2,13,15,19). The summed E-state index contributed by atoms with van der Waals surface area (Å²) in [5, 5.41) is 18.0. The highest BCUT2D eigenvalue weighted by atomic mass is 16.4. The molecule has 7 heteroatoms. The van der Waals surface area contributed by atoms with E-state index in [9.17, 15) is 9.59 Å². The first-order valence-corrected chi connectivity index (χ1v) is 6.22. The van der Waals surface area contributed by atoms with Crippen LogP contribution in [0, 0.1) is 0 Å². The van der Waals surface area contributed by atoms with Crippen molar-refractivity contribution >= 4 is 12.0 Å². The molecule has 0 fully saturated rings. The second-order valence-corrected chi connectivity index (χ2v) is 4.43. The quantitative estimate of drug-likeness (QED) is 0.671. The molecule has 0 bridgehead atoms. The van der Waals surface area contributed by atoms with Crippen molar-refractivity contribution < 1.29 is 14.7 Å². The molecule has 106 valence electrons. The number of hydrogen-bond acceptors (Lipinski definition) is 3. The average Bonchev–Trinajstić information content (AvgIpc) is 2.72. The Hall–Kier alpha value is -2.05. The Kier molecular flexibility index (Phi) is 5.84. The summed E-state index contributed by atoms with van der Waals surface area (Å²) in [6.45, 7) is 2.29. The van der Waals surface area contributed by atoms with Crippen LogP contribution in [0.25, 0.3) is 0 Å². The topological polar surface area (TPSA) is 96.2 Å². The highest BCUT2D eigenvalue weighted by molar-refractivity contribution is 5.74. The van der Waals surface area contributed by atoms with Crippen molar-refractivity contribution in [1.82, 2.24) is 20.4 Å². The Labute approximate surface area is 112 Å². The molecule has 0 radical (unpaired) electrons. The summed E-state index contributed by atoms with van der Waals surface area (Å²) in [5.74, 6) is -0.856. The van der Waals surface area contributed by atoms with Crippen LogP contribution in [0.5, 0.6) is 0 Å². The molecule has 0 saturated heterocycles. The van der Waals surface area contributed by atoms with Crippen LogP contribution in [0.1, 0.15) is 25.5 Å². The van der Waals surface area contributed by atoms with Gasteiger partial charge in [0.1, 0.15) is 0 Å². The van der Waals surface area contributed by atoms with Crippen molar-refractivity contribution in [2.45, 2.75) is 32.2 Å². The van der Waals surface area contributed by atoms with Gasteiger partial charge in [-0.3, -0.25) is 9.48 Å². The number of amides is 2. The summed E-state index contributed by atoms with van der Waals surface area (Å²) in [4.78, 5) is 21.9. The monoisotopic (exact) mass is 268 g/mol. The fourth-order valence-corrected chi connectivity index (χ4v) is 1.64. The van der Waals surface area contributed by atoms with Crippen molar-refractivity contribution in [2.24, 2.45) is 7.05 Å². The number of nitrogens with zero attached hydrogens (tertiary/aromatic N) is 2. The number of aliphatic carboxylic acids is 1. The summed E-state index contributed by atoms with van der Waals surface area (Å²) in [6, 6.07) is 1.46. The number of rotatable bonds is 7. The van der Waals surface area contributed by atoms with E-state index in [-0.39, 0.29) is 18.5 Å². The number of nitrogens with one attached hydrogen (secondary N) is 2. The summed E-state index contributed by atoms with van der Waals surface area (Å²) < 4.78 is 1.76. The molecule has 1 aromatic heterocycles. The number of aromatic nitrogens is 2. The zero-order chi connectivity index (χ0) is 14.3. The molecule has 0 aliphatic rings. The number of carboxylic acids is 1. The lowest BCUT2D eigenvalue weighted by molar-refractivity contribution is -0.137. The molecule has 3 N–H and O–H groups in total. The van der Waals surface area contributed by atoms with Crippen molar-refractivity contribution in [3.8, 4) is 0 Å². The van der Waals surface area contributed by atoms with E-state index in [1.165, 1.54) is 0 Å². The van der Waals surface area contributed by atoms with Crippen LogP contribution in [0.15, 0.2) is 12.3 Å². The average molecular weight is 268 g/mol. The largest absolute Gasteiger partial charge is 0.481 e. The summed E-state index contributed by atoms with van der Waals surface area (Å²) in [6.07, 6.45) is 2.89. The molecule has 0 spiro atoms. The summed E-state index contributed by atoms with van der Waals surface area (Å²) >= 11 is 0. The molecular weight excluding hydrogens is 248 g/mol. The number of carbonyl (C=O) groups is 2. The molecule has 1 atom stereocenters. The molecule has 19 heavy (non-hydrogen) atoms.